The van der Waals surface area contributed by atoms with E-state index in [1.165, 1.54) is 12.1 Å². The third-order valence-electron chi connectivity index (χ3n) is 6.78. The Morgan fingerprint density at radius 1 is 0.947 bits per heavy atom. The van der Waals surface area contributed by atoms with Crippen LogP contribution in [0.15, 0.2) is 72.8 Å². The second-order valence-corrected chi connectivity index (χ2v) is 9.16. The third-order valence-corrected chi connectivity index (χ3v) is 6.78. The normalized spacial score (nSPS) is 12.4. The van der Waals surface area contributed by atoms with Crippen molar-refractivity contribution in [3.8, 4) is 16.9 Å². The van der Waals surface area contributed by atoms with Gasteiger partial charge in [-0.25, -0.2) is 0 Å². The van der Waals surface area contributed by atoms with Crippen molar-refractivity contribution in [2.45, 2.75) is 39.9 Å². The van der Waals surface area contributed by atoms with Gasteiger partial charge in [-0.05, 0) is 80.8 Å². The molecule has 8 heteroatoms. The van der Waals surface area contributed by atoms with Crippen molar-refractivity contribution in [2.75, 3.05) is 13.1 Å². The number of aromatic hydroxyl groups is 1. The molecule has 1 unspecified atom stereocenters. The number of carbonyl (C=O) groups is 1. The Morgan fingerprint density at radius 3 is 2.13 bits per heavy atom. The zero-order valence-electron chi connectivity index (χ0n) is 21.8. The van der Waals surface area contributed by atoms with Gasteiger partial charge in [0.25, 0.3) is 5.91 Å². The van der Waals surface area contributed by atoms with Gasteiger partial charge in [-0.15, -0.1) is 0 Å². The number of amides is 1. The largest absolute Gasteiger partial charge is 0.508 e. The molecule has 4 rings (SSSR count). The van der Waals surface area contributed by atoms with Crippen LogP contribution in [0.5, 0.6) is 5.75 Å². The fourth-order valence-corrected chi connectivity index (χ4v) is 4.83. The first-order chi connectivity index (χ1) is 18.0. The molecule has 198 valence electrons. The fourth-order valence-electron chi connectivity index (χ4n) is 4.83. The minimum absolute atomic E-state index is 0.0499. The van der Waals surface area contributed by atoms with Crippen LogP contribution >= 0.6 is 0 Å². The molecule has 0 saturated heterocycles. The molecule has 1 atom stereocenters. The summed E-state index contributed by atoms with van der Waals surface area (Å²) in [7, 11) is 0. The Morgan fingerprint density at radius 2 is 1.58 bits per heavy atom. The number of hydrogen-bond acceptors (Lipinski definition) is 3. The van der Waals surface area contributed by atoms with E-state index in [1.54, 1.807) is 35.2 Å². The molecule has 1 N–H and O–H groups in total. The lowest BCUT2D eigenvalue weighted by Gasteiger charge is -2.22. The molecule has 0 fully saturated rings. The van der Waals surface area contributed by atoms with E-state index in [0.717, 1.165) is 34.5 Å². The van der Waals surface area contributed by atoms with Gasteiger partial charge in [0.1, 0.15) is 11.8 Å². The second kappa shape index (κ2) is 10.7. The van der Waals surface area contributed by atoms with Gasteiger partial charge in [-0.3, -0.25) is 9.48 Å². The summed E-state index contributed by atoms with van der Waals surface area (Å²) < 4.78 is 41.1. The average Bonchev–Trinajstić information content (AvgIpc) is 3.18. The van der Waals surface area contributed by atoms with E-state index in [9.17, 15) is 23.1 Å². The Bertz CT molecular complexity index is 1420. The molecule has 5 nitrogen and oxygen atoms in total. The summed E-state index contributed by atoms with van der Waals surface area (Å²) in [5.41, 5.74) is 4.30. The van der Waals surface area contributed by atoms with Crippen molar-refractivity contribution in [1.29, 1.82) is 0 Å². The number of nitrogens with zero attached hydrogens (tertiary/aromatic N) is 3. The molecule has 0 bridgehead atoms. The van der Waals surface area contributed by atoms with Crippen molar-refractivity contribution < 1.29 is 23.1 Å². The van der Waals surface area contributed by atoms with E-state index in [-0.39, 0.29) is 11.7 Å². The van der Waals surface area contributed by atoms with Crippen LogP contribution in [0.2, 0.25) is 0 Å². The molecular weight excluding hydrogens is 491 g/mol. The highest BCUT2D eigenvalue weighted by Crippen LogP contribution is 2.36. The number of phenols is 1. The summed E-state index contributed by atoms with van der Waals surface area (Å²) in [5, 5.41) is 15.0. The van der Waals surface area contributed by atoms with Gasteiger partial charge in [0.2, 0.25) is 0 Å². The average molecular weight is 522 g/mol. The highest BCUT2D eigenvalue weighted by atomic mass is 19.4. The maximum absolute atomic E-state index is 13.1. The predicted octanol–water partition coefficient (Wildman–Crippen LogP) is 7.01. The lowest BCUT2D eigenvalue weighted by Crippen LogP contribution is -2.30. The number of rotatable bonds is 7. The van der Waals surface area contributed by atoms with Crippen molar-refractivity contribution in [3.63, 3.8) is 0 Å². The van der Waals surface area contributed by atoms with Gasteiger partial charge in [0.15, 0.2) is 0 Å². The predicted molar refractivity (Wildman–Crippen MR) is 141 cm³/mol. The summed E-state index contributed by atoms with van der Waals surface area (Å²) in [6.45, 7) is 8.79. The maximum Gasteiger partial charge on any atom is 0.416 e. The Kier molecular flexibility index (Phi) is 7.62. The Balaban J connectivity index is 1.80. The van der Waals surface area contributed by atoms with Gasteiger partial charge >= 0.3 is 6.18 Å². The van der Waals surface area contributed by atoms with Crippen molar-refractivity contribution in [1.82, 2.24) is 14.7 Å². The highest BCUT2D eigenvalue weighted by Gasteiger charge is 2.30. The van der Waals surface area contributed by atoms with Gasteiger partial charge in [-0.1, -0.05) is 36.4 Å². The van der Waals surface area contributed by atoms with Crippen LogP contribution in [0.25, 0.3) is 11.1 Å². The first-order valence-corrected chi connectivity index (χ1v) is 12.5. The highest BCUT2D eigenvalue weighted by molar-refractivity contribution is 5.94. The molecule has 1 aromatic heterocycles. The first kappa shape index (κ1) is 27.0. The molecule has 0 saturated carbocycles. The zero-order valence-corrected chi connectivity index (χ0v) is 21.8. The van der Waals surface area contributed by atoms with Crippen LogP contribution in [0.3, 0.4) is 0 Å². The summed E-state index contributed by atoms with van der Waals surface area (Å²) in [4.78, 5) is 14.6. The molecule has 0 aliphatic heterocycles. The van der Waals surface area contributed by atoms with E-state index < -0.39 is 17.8 Å². The third kappa shape index (κ3) is 5.30. The molecule has 0 aliphatic rings. The molecule has 0 radical (unpaired) electrons. The molecular formula is C30H30F3N3O2. The van der Waals surface area contributed by atoms with Crippen molar-refractivity contribution in [2.24, 2.45) is 0 Å². The maximum atomic E-state index is 13.1. The van der Waals surface area contributed by atoms with E-state index in [4.69, 9.17) is 5.10 Å². The summed E-state index contributed by atoms with van der Waals surface area (Å²) in [6, 6.07) is 18.8. The Hall–Kier alpha value is -4.07. The summed E-state index contributed by atoms with van der Waals surface area (Å²) >= 11 is 0. The fraction of sp³-hybridized carbons (Fsp3) is 0.267. The lowest BCUT2D eigenvalue weighted by molar-refractivity contribution is -0.137. The van der Waals surface area contributed by atoms with Crippen LogP contribution in [0.1, 0.15) is 58.3 Å². The van der Waals surface area contributed by atoms with E-state index in [0.29, 0.717) is 29.9 Å². The number of hydrogen-bond donors (Lipinski definition) is 1. The van der Waals surface area contributed by atoms with Crippen LogP contribution in [0.4, 0.5) is 13.2 Å². The van der Waals surface area contributed by atoms with Crippen molar-refractivity contribution in [3.05, 3.63) is 106 Å². The monoisotopic (exact) mass is 521 g/mol. The van der Waals surface area contributed by atoms with Gasteiger partial charge in [0, 0.05) is 29.9 Å². The molecule has 1 heterocycles. The molecule has 3 aromatic carbocycles. The van der Waals surface area contributed by atoms with Crippen molar-refractivity contribution >= 4 is 5.91 Å². The van der Waals surface area contributed by atoms with Gasteiger partial charge < -0.3 is 10.0 Å². The van der Waals surface area contributed by atoms with Crippen LogP contribution in [-0.4, -0.2) is 38.8 Å². The smallest absolute Gasteiger partial charge is 0.416 e. The molecule has 0 spiro atoms. The number of halogens is 3. The number of benzene rings is 3. The summed E-state index contributed by atoms with van der Waals surface area (Å²) in [5.74, 6) is 0.0523. The number of carbonyl (C=O) groups excluding carboxylic acids is 1. The van der Waals surface area contributed by atoms with Crippen LogP contribution in [-0.2, 0) is 6.18 Å². The zero-order chi connectivity index (χ0) is 27.6. The first-order valence-electron chi connectivity index (χ1n) is 12.5. The number of aryl methyl sites for hydroxylation is 1. The minimum Gasteiger partial charge on any atom is -0.508 e. The SMILES string of the molecule is CCN(CC)C(=O)c1ccc(C(c2cccc(O)c2)n2nc(C)c(-c3ccc(C(F)(F)F)cc3)c2C)cc1. The Labute approximate surface area is 220 Å². The minimum atomic E-state index is -4.41. The number of aromatic nitrogens is 2. The quantitative estimate of drug-likeness (QED) is 0.285. The van der Waals surface area contributed by atoms with E-state index in [2.05, 4.69) is 0 Å². The molecule has 4 aromatic rings. The second-order valence-electron chi connectivity index (χ2n) is 9.16. The van der Waals surface area contributed by atoms with E-state index in [1.807, 2.05) is 50.6 Å². The van der Waals surface area contributed by atoms with Gasteiger partial charge in [0.05, 0.1) is 11.3 Å². The van der Waals surface area contributed by atoms with Crippen LogP contribution < -0.4 is 0 Å². The topological polar surface area (TPSA) is 58.4 Å². The lowest BCUT2D eigenvalue weighted by atomic mass is 9.96. The van der Waals surface area contributed by atoms with Gasteiger partial charge in [-0.2, -0.15) is 18.3 Å². The van der Waals surface area contributed by atoms with Crippen LogP contribution in [0, 0.1) is 13.8 Å². The number of alkyl halides is 3. The summed E-state index contributed by atoms with van der Waals surface area (Å²) in [6.07, 6.45) is -4.41. The molecule has 0 aliphatic carbocycles. The molecule has 38 heavy (non-hydrogen) atoms. The molecule has 1 amide bonds. The standard InChI is InChI=1S/C30H30F3N3O2/c1-5-35(6-2)29(38)23-12-10-22(11-13-23)28(24-8-7-9-26(37)18-24)36-20(4)27(19(3)34-36)21-14-16-25(17-15-21)30(31,32)33/h7-18,28,37H,5-6H2,1-4H3. The van der Waals surface area contributed by atoms with E-state index >= 15 is 0 Å². The number of phenolic OH excluding ortho intramolecular Hbond substituents is 1.